The van der Waals surface area contributed by atoms with Crippen LogP contribution in [-0.2, 0) is 35.6 Å². The lowest BCUT2D eigenvalue weighted by Gasteiger charge is -2.42. The highest BCUT2D eigenvalue weighted by Crippen LogP contribution is 2.48. The molecule has 3 aliphatic heterocycles. The number of amides is 4. The van der Waals surface area contributed by atoms with Crippen LogP contribution in [0.25, 0.3) is 10.9 Å². The van der Waals surface area contributed by atoms with Crippen molar-refractivity contribution < 1.29 is 41.8 Å². The van der Waals surface area contributed by atoms with Gasteiger partial charge in [-0.25, -0.2) is 18.2 Å². The van der Waals surface area contributed by atoms with Crippen molar-refractivity contribution in [1.82, 2.24) is 30.1 Å². The minimum atomic E-state index is -4.01. The second-order valence-electron chi connectivity index (χ2n) is 20.6. The van der Waals surface area contributed by atoms with E-state index in [0.29, 0.717) is 43.5 Å². The number of rotatable bonds is 9. The van der Waals surface area contributed by atoms with Crippen LogP contribution in [0.5, 0.6) is 11.6 Å². The number of likely N-dealkylation sites (tertiary alicyclic amines) is 1. The van der Waals surface area contributed by atoms with E-state index in [1.165, 1.54) is 4.90 Å². The predicted molar refractivity (Wildman–Crippen MR) is 240 cm³/mol. The van der Waals surface area contributed by atoms with Crippen molar-refractivity contribution >= 4 is 44.7 Å². The Bertz CT molecular complexity index is 2270. The van der Waals surface area contributed by atoms with Gasteiger partial charge in [0.2, 0.25) is 27.7 Å². The van der Waals surface area contributed by atoms with Crippen LogP contribution in [0.2, 0.25) is 0 Å². The van der Waals surface area contributed by atoms with Crippen LogP contribution < -0.4 is 24.8 Å². The normalized spacial score (nSPS) is 32.0. The summed E-state index contributed by atoms with van der Waals surface area (Å²) in [6, 6.07) is 5.78. The molecule has 1 aromatic heterocycles. The highest BCUT2D eigenvalue weighted by atomic mass is 32.2. The maximum Gasteiger partial charge on any atom is 0.408 e. The van der Waals surface area contributed by atoms with E-state index < -0.39 is 73.6 Å². The summed E-state index contributed by atoms with van der Waals surface area (Å²) < 4.78 is 47.6. The van der Waals surface area contributed by atoms with Gasteiger partial charge in [0, 0.05) is 30.8 Å². The van der Waals surface area contributed by atoms with Crippen LogP contribution >= 0.6 is 0 Å². The van der Waals surface area contributed by atoms with Crippen molar-refractivity contribution in [3.63, 3.8) is 0 Å². The minimum Gasteiger partial charge on any atom is -0.489 e. The standard InChI is InChI=1S/C48H66N6O9S/c1-5-31-28-48(31,44(57)52-64(59,60)47(3)22-23-47)51-41(55)37-27-33-29-54(37)43(56)40(46(2)20-12-7-13-21-46)50-45(58)63-38-26-30(38)14-8-6-9-16-35-39(61-32-18-24-53(4)25-19-32)34-15-10-11-17-36(34)49-42(35)62-33/h5,10-11,15,17,30-33,37-38,40H,1,6-9,12-14,16,18-29H2,2-4H3,(H,50,58)(H,51,55)(H,52,57)/t30?,31-,33?,37?,38?,40?,48-/m1/s1. The molecule has 5 unspecified atom stereocenters. The van der Waals surface area contributed by atoms with E-state index in [4.69, 9.17) is 19.2 Å². The molecule has 4 aliphatic carbocycles. The summed E-state index contributed by atoms with van der Waals surface area (Å²) in [7, 11) is -1.89. The molecule has 2 aromatic rings. The Balaban J connectivity index is 1.08. The van der Waals surface area contributed by atoms with Gasteiger partial charge in [-0.1, -0.05) is 57.2 Å². The van der Waals surface area contributed by atoms with Crippen molar-refractivity contribution in [2.45, 2.75) is 164 Å². The molecule has 0 spiro atoms. The predicted octanol–water partition coefficient (Wildman–Crippen LogP) is 5.69. The number of carbonyl (C=O) groups excluding carboxylic acids is 4. The highest BCUT2D eigenvalue weighted by Gasteiger charge is 2.63. The maximum absolute atomic E-state index is 15.3. The second-order valence-corrected chi connectivity index (χ2v) is 22.8. The van der Waals surface area contributed by atoms with Gasteiger partial charge < -0.3 is 34.6 Å². The van der Waals surface area contributed by atoms with Crippen molar-refractivity contribution in [3.8, 4) is 11.6 Å². The van der Waals surface area contributed by atoms with Gasteiger partial charge in [0.1, 0.15) is 41.7 Å². The third kappa shape index (κ3) is 8.93. The first-order valence-corrected chi connectivity index (χ1v) is 25.3. The molecule has 348 valence electrons. The molecule has 4 heterocycles. The maximum atomic E-state index is 15.3. The number of carbonyl (C=O) groups is 4. The molecule has 15 nitrogen and oxygen atoms in total. The summed E-state index contributed by atoms with van der Waals surface area (Å²) in [6.07, 6.45) is 12.2. The van der Waals surface area contributed by atoms with E-state index in [-0.39, 0.29) is 37.5 Å². The molecule has 16 heteroatoms. The summed E-state index contributed by atoms with van der Waals surface area (Å²) >= 11 is 0. The smallest absolute Gasteiger partial charge is 0.408 e. The largest absolute Gasteiger partial charge is 0.489 e. The number of aromatic nitrogens is 1. The van der Waals surface area contributed by atoms with E-state index in [0.717, 1.165) is 94.0 Å². The average Bonchev–Trinajstić information content (AvgIpc) is 4.23. The second kappa shape index (κ2) is 17.4. The van der Waals surface area contributed by atoms with Crippen molar-refractivity contribution in [2.24, 2.45) is 17.3 Å². The van der Waals surface area contributed by atoms with E-state index in [1.54, 1.807) is 13.0 Å². The first-order valence-electron chi connectivity index (χ1n) is 23.8. The third-order valence-electron chi connectivity index (χ3n) is 15.7. The van der Waals surface area contributed by atoms with E-state index in [9.17, 15) is 22.8 Å². The molecule has 9 rings (SSSR count). The number of pyridine rings is 1. The zero-order valence-corrected chi connectivity index (χ0v) is 38.5. The molecule has 2 saturated heterocycles. The van der Waals surface area contributed by atoms with E-state index >= 15 is 4.79 Å². The fourth-order valence-corrected chi connectivity index (χ4v) is 12.1. The van der Waals surface area contributed by atoms with Crippen LogP contribution in [0.1, 0.15) is 122 Å². The average molecular weight is 903 g/mol. The lowest BCUT2D eigenvalue weighted by atomic mass is 9.70. The fraction of sp³-hybridized carbons (Fsp3) is 0.688. The lowest BCUT2D eigenvalue weighted by molar-refractivity contribution is -0.143. The van der Waals surface area contributed by atoms with Gasteiger partial charge in [-0.2, -0.15) is 0 Å². The molecule has 4 amide bonds. The van der Waals surface area contributed by atoms with Gasteiger partial charge >= 0.3 is 6.09 Å². The first-order chi connectivity index (χ1) is 30.6. The zero-order chi connectivity index (χ0) is 45.0. The van der Waals surface area contributed by atoms with Gasteiger partial charge in [-0.3, -0.25) is 19.1 Å². The molecule has 1 aromatic carbocycles. The van der Waals surface area contributed by atoms with Crippen molar-refractivity contribution in [1.29, 1.82) is 0 Å². The number of nitrogens with zero attached hydrogens (tertiary/aromatic N) is 3. The molecule has 7 atom stereocenters. The zero-order valence-electron chi connectivity index (χ0n) is 37.7. The van der Waals surface area contributed by atoms with E-state index in [1.807, 2.05) is 31.2 Å². The summed E-state index contributed by atoms with van der Waals surface area (Å²) in [5.41, 5.74) is -0.608. The number of benzene rings is 1. The van der Waals surface area contributed by atoms with Crippen molar-refractivity contribution in [3.05, 3.63) is 42.5 Å². The molecule has 2 bridgehead atoms. The summed E-state index contributed by atoms with van der Waals surface area (Å²) in [4.78, 5) is 66.7. The van der Waals surface area contributed by atoms with Gasteiger partial charge in [0.25, 0.3) is 5.91 Å². The molecular weight excluding hydrogens is 837 g/mol. The topological polar surface area (TPSA) is 186 Å². The van der Waals surface area contributed by atoms with Crippen LogP contribution in [0.4, 0.5) is 4.79 Å². The Hall–Kier alpha value is -4.44. The Morgan fingerprint density at radius 3 is 2.42 bits per heavy atom. The van der Waals surface area contributed by atoms with Gasteiger partial charge in [0.05, 0.1) is 22.4 Å². The van der Waals surface area contributed by atoms with Crippen LogP contribution in [-0.4, -0.2) is 114 Å². The number of hydrogen-bond acceptors (Lipinski definition) is 11. The number of para-hydroxylation sites is 1. The van der Waals surface area contributed by atoms with E-state index in [2.05, 4.69) is 33.9 Å². The number of piperidine rings is 1. The van der Waals surface area contributed by atoms with Crippen molar-refractivity contribution in [2.75, 3.05) is 26.7 Å². The van der Waals surface area contributed by atoms with Crippen LogP contribution in [0.3, 0.4) is 0 Å². The quantitative estimate of drug-likeness (QED) is 0.263. The Morgan fingerprint density at radius 2 is 1.70 bits per heavy atom. The summed E-state index contributed by atoms with van der Waals surface area (Å²) in [6.45, 7) is 9.35. The fourth-order valence-electron chi connectivity index (χ4n) is 10.8. The van der Waals surface area contributed by atoms with Gasteiger partial charge in [-0.05, 0) is 108 Å². The molecule has 7 aliphatic rings. The molecule has 64 heavy (non-hydrogen) atoms. The first kappa shape index (κ1) is 44.7. The molecule has 3 N–H and O–H groups in total. The Kier molecular flexibility index (Phi) is 12.2. The molecule has 0 radical (unpaired) electrons. The summed E-state index contributed by atoms with van der Waals surface area (Å²) in [5, 5.41) is 6.84. The number of fused-ring (bicyclic) bond motifs is 5. The van der Waals surface area contributed by atoms with Crippen LogP contribution in [0.15, 0.2) is 36.9 Å². The molecule has 6 fully saturated rings. The highest BCUT2D eigenvalue weighted by molar-refractivity contribution is 7.91. The van der Waals surface area contributed by atoms with Gasteiger partial charge in [0.15, 0.2) is 0 Å². The third-order valence-corrected chi connectivity index (χ3v) is 17.8. The minimum absolute atomic E-state index is 0.000834. The Morgan fingerprint density at radius 1 is 0.969 bits per heavy atom. The van der Waals surface area contributed by atoms with Gasteiger partial charge in [-0.15, -0.1) is 6.58 Å². The van der Waals surface area contributed by atoms with Crippen LogP contribution in [0, 0.1) is 17.3 Å². The number of hydrogen-bond donors (Lipinski definition) is 3. The SMILES string of the molecule is C=C[C@@H]1C[C@]1(NC(=O)C1CC2CN1C(=O)C(C1(C)CCCCC1)NC(=O)OC1CC1CCCCCc1c(nc3ccccc3c1OC1CCN(C)CC1)O2)C(=O)NS(=O)(=O)C1(C)CC1. The number of alkyl carbamates (subject to hydrolysis) is 1. The summed E-state index contributed by atoms with van der Waals surface area (Å²) in [5.74, 6) is -0.966. The lowest BCUT2D eigenvalue weighted by Crippen LogP contribution is -2.61. The molecule has 4 saturated carbocycles. The Labute approximate surface area is 377 Å². The number of nitrogens with one attached hydrogen (secondary N) is 3. The monoisotopic (exact) mass is 902 g/mol. The number of ether oxygens (including phenoxy) is 3. The number of sulfonamides is 1. The molecular formula is C48H66N6O9S.